The Hall–Kier alpha value is -3.34. The Morgan fingerprint density at radius 1 is 1.00 bits per heavy atom. The summed E-state index contributed by atoms with van der Waals surface area (Å²) in [5.74, 6) is 0.325. The Labute approximate surface area is 144 Å². The average molecular weight is 358 g/mol. The molecule has 0 bridgehead atoms. The average Bonchev–Trinajstić information content (AvgIpc) is 3.09. The first kappa shape index (κ1) is 16.5. The molecule has 25 heavy (non-hydrogen) atoms. The van der Waals surface area contributed by atoms with Crippen LogP contribution in [0.1, 0.15) is 5.56 Å². The van der Waals surface area contributed by atoms with Gasteiger partial charge in [-0.15, -0.1) is 5.10 Å². The largest absolute Gasteiger partial charge is 0.346 e. The van der Waals surface area contributed by atoms with Gasteiger partial charge in [0.05, 0.1) is 15.5 Å². The quantitative estimate of drug-likeness (QED) is 0.373. The fourth-order valence-electron chi connectivity index (χ4n) is 2.11. The lowest BCUT2D eigenvalue weighted by Gasteiger charge is -2.04. The summed E-state index contributed by atoms with van der Waals surface area (Å²) in [5.41, 5.74) is 0.271. The van der Waals surface area contributed by atoms with Gasteiger partial charge in [0.1, 0.15) is 0 Å². The van der Waals surface area contributed by atoms with E-state index in [2.05, 4.69) is 15.5 Å². The molecule has 0 aliphatic carbocycles. The molecule has 10 nitrogen and oxygen atoms in total. The number of para-hydroxylation sites is 1. The number of nitro groups is 2. The van der Waals surface area contributed by atoms with E-state index in [0.717, 1.165) is 11.8 Å². The summed E-state index contributed by atoms with van der Waals surface area (Å²) in [6, 6.07) is 13.1. The van der Waals surface area contributed by atoms with Crippen molar-refractivity contribution in [1.29, 1.82) is 0 Å². The molecule has 0 saturated carbocycles. The van der Waals surface area contributed by atoms with Crippen molar-refractivity contribution in [1.82, 2.24) is 20.2 Å². The molecule has 0 spiro atoms. The fourth-order valence-corrected chi connectivity index (χ4v) is 2.94. The van der Waals surface area contributed by atoms with Crippen molar-refractivity contribution in [3.8, 4) is 5.69 Å². The zero-order chi connectivity index (χ0) is 17.8. The second-order valence-corrected chi connectivity index (χ2v) is 5.78. The highest BCUT2D eigenvalue weighted by Crippen LogP contribution is 2.30. The lowest BCUT2D eigenvalue weighted by Crippen LogP contribution is -1.99. The minimum atomic E-state index is -0.773. The van der Waals surface area contributed by atoms with Crippen LogP contribution in [0.5, 0.6) is 0 Å². The predicted molar refractivity (Wildman–Crippen MR) is 88.5 cm³/mol. The van der Waals surface area contributed by atoms with Gasteiger partial charge < -0.3 is 0 Å². The summed E-state index contributed by atoms with van der Waals surface area (Å²) < 4.78 is 1.55. The topological polar surface area (TPSA) is 130 Å². The van der Waals surface area contributed by atoms with Gasteiger partial charge in [0.15, 0.2) is 0 Å². The van der Waals surface area contributed by atoms with Gasteiger partial charge in [-0.25, -0.2) is 0 Å². The van der Waals surface area contributed by atoms with E-state index in [4.69, 9.17) is 0 Å². The van der Waals surface area contributed by atoms with Gasteiger partial charge in [0, 0.05) is 17.9 Å². The minimum Gasteiger partial charge on any atom is -0.258 e. The van der Waals surface area contributed by atoms with E-state index in [1.165, 1.54) is 23.9 Å². The Kier molecular flexibility index (Phi) is 4.66. The highest BCUT2D eigenvalue weighted by Gasteiger charge is 2.24. The first-order valence-corrected chi connectivity index (χ1v) is 7.93. The Bertz CT molecular complexity index is 930. The van der Waals surface area contributed by atoms with Crippen LogP contribution >= 0.6 is 11.8 Å². The van der Waals surface area contributed by atoms with E-state index in [1.807, 2.05) is 30.3 Å². The van der Waals surface area contributed by atoms with Gasteiger partial charge in [0.2, 0.25) is 5.16 Å². The first-order valence-electron chi connectivity index (χ1n) is 6.94. The zero-order valence-electron chi connectivity index (χ0n) is 12.6. The molecule has 0 aliphatic rings. The third-order valence-corrected chi connectivity index (χ3v) is 4.23. The SMILES string of the molecule is O=[N+]([O-])c1ccc(CSc2nnnn2-c2ccccc2)cc1[N+](=O)[O-]. The molecule has 0 saturated heterocycles. The van der Waals surface area contributed by atoms with Crippen LogP contribution in [0.15, 0.2) is 53.7 Å². The van der Waals surface area contributed by atoms with Crippen LogP contribution in [-0.4, -0.2) is 30.1 Å². The summed E-state index contributed by atoms with van der Waals surface area (Å²) in [6.07, 6.45) is 0. The molecular formula is C14H10N6O4S. The van der Waals surface area contributed by atoms with E-state index < -0.39 is 21.2 Å². The fraction of sp³-hybridized carbons (Fsp3) is 0.0714. The standard InChI is InChI=1S/C14H10N6O4S/c21-19(22)12-7-6-10(8-13(12)20(23)24)9-25-14-15-16-17-18(14)11-4-2-1-3-5-11/h1-8H,9H2. The van der Waals surface area contributed by atoms with Gasteiger partial charge in [-0.3, -0.25) is 20.2 Å². The molecule has 2 aromatic carbocycles. The van der Waals surface area contributed by atoms with Crippen molar-refractivity contribution in [3.63, 3.8) is 0 Å². The van der Waals surface area contributed by atoms with Crippen LogP contribution in [0.4, 0.5) is 11.4 Å². The molecule has 126 valence electrons. The summed E-state index contributed by atoms with van der Waals surface area (Å²) in [7, 11) is 0. The molecule has 0 N–H and O–H groups in total. The zero-order valence-corrected chi connectivity index (χ0v) is 13.4. The first-order chi connectivity index (χ1) is 12.1. The smallest absolute Gasteiger partial charge is 0.258 e. The van der Waals surface area contributed by atoms with Gasteiger partial charge in [-0.05, 0) is 28.1 Å². The molecule has 0 radical (unpaired) electrons. The van der Waals surface area contributed by atoms with Crippen molar-refractivity contribution in [2.45, 2.75) is 10.9 Å². The molecule has 0 amide bonds. The van der Waals surface area contributed by atoms with E-state index in [0.29, 0.717) is 16.5 Å². The van der Waals surface area contributed by atoms with Crippen molar-refractivity contribution < 1.29 is 9.85 Å². The normalized spacial score (nSPS) is 10.6. The summed E-state index contributed by atoms with van der Waals surface area (Å²) in [6.45, 7) is 0. The van der Waals surface area contributed by atoms with Crippen molar-refractivity contribution in [2.24, 2.45) is 0 Å². The number of thioether (sulfide) groups is 1. The van der Waals surface area contributed by atoms with Crippen LogP contribution in [0.3, 0.4) is 0 Å². The minimum absolute atomic E-state index is 0.325. The number of rotatable bonds is 6. The van der Waals surface area contributed by atoms with Gasteiger partial charge >= 0.3 is 11.4 Å². The Balaban J connectivity index is 1.81. The second-order valence-electron chi connectivity index (χ2n) is 4.83. The third-order valence-electron chi connectivity index (χ3n) is 3.24. The molecule has 3 aromatic rings. The van der Waals surface area contributed by atoms with Crippen LogP contribution in [0, 0.1) is 20.2 Å². The summed E-state index contributed by atoms with van der Waals surface area (Å²) in [5, 5.41) is 33.9. The second kappa shape index (κ2) is 7.05. The molecule has 0 unspecified atom stereocenters. The summed E-state index contributed by atoms with van der Waals surface area (Å²) >= 11 is 1.27. The number of nitro benzene ring substituents is 2. The lowest BCUT2D eigenvalue weighted by atomic mass is 10.2. The monoisotopic (exact) mass is 358 g/mol. The van der Waals surface area contributed by atoms with E-state index in [1.54, 1.807) is 4.68 Å². The van der Waals surface area contributed by atoms with E-state index in [9.17, 15) is 20.2 Å². The summed E-state index contributed by atoms with van der Waals surface area (Å²) in [4.78, 5) is 20.3. The van der Waals surface area contributed by atoms with Gasteiger partial charge in [-0.1, -0.05) is 36.0 Å². The maximum atomic E-state index is 11.0. The molecular weight excluding hydrogens is 348 g/mol. The van der Waals surface area contributed by atoms with E-state index in [-0.39, 0.29) is 0 Å². The van der Waals surface area contributed by atoms with Crippen molar-refractivity contribution in [2.75, 3.05) is 0 Å². The molecule has 11 heteroatoms. The van der Waals surface area contributed by atoms with Crippen LogP contribution in [-0.2, 0) is 5.75 Å². The Morgan fingerprint density at radius 2 is 1.72 bits per heavy atom. The molecule has 0 atom stereocenters. The lowest BCUT2D eigenvalue weighted by molar-refractivity contribution is -0.422. The maximum absolute atomic E-state index is 11.0. The number of hydrogen-bond acceptors (Lipinski definition) is 8. The van der Waals surface area contributed by atoms with E-state index >= 15 is 0 Å². The highest BCUT2D eigenvalue weighted by atomic mass is 32.2. The van der Waals surface area contributed by atoms with Crippen LogP contribution < -0.4 is 0 Å². The molecule has 1 aromatic heterocycles. The van der Waals surface area contributed by atoms with Crippen LogP contribution in [0.25, 0.3) is 5.69 Å². The van der Waals surface area contributed by atoms with Gasteiger partial charge in [-0.2, -0.15) is 4.68 Å². The number of tetrazole rings is 1. The Morgan fingerprint density at radius 3 is 2.40 bits per heavy atom. The molecule has 0 fully saturated rings. The molecule has 3 rings (SSSR count). The number of nitrogens with zero attached hydrogens (tertiary/aromatic N) is 6. The maximum Gasteiger partial charge on any atom is 0.346 e. The highest BCUT2D eigenvalue weighted by molar-refractivity contribution is 7.98. The predicted octanol–water partition coefficient (Wildman–Crippen LogP) is 2.77. The third kappa shape index (κ3) is 3.61. The van der Waals surface area contributed by atoms with Crippen molar-refractivity contribution >= 4 is 23.1 Å². The molecule has 1 heterocycles. The number of benzene rings is 2. The number of hydrogen-bond donors (Lipinski definition) is 0. The molecule has 0 aliphatic heterocycles. The van der Waals surface area contributed by atoms with Crippen LogP contribution in [0.2, 0.25) is 0 Å². The van der Waals surface area contributed by atoms with Gasteiger partial charge in [0.25, 0.3) is 0 Å². The van der Waals surface area contributed by atoms with Crippen molar-refractivity contribution in [3.05, 3.63) is 74.3 Å². The number of aromatic nitrogens is 4.